The predicted octanol–water partition coefficient (Wildman–Crippen LogP) is 3.36. The molecule has 0 radical (unpaired) electrons. The summed E-state index contributed by atoms with van der Waals surface area (Å²) >= 11 is 0. The minimum Gasteiger partial charge on any atom is -0.374 e. The standard InChI is InChI=1S/C14H29NO/c1-5-10-15-13(8-7-12(2)3)14(4)9-6-11-16-14/h12-13,15H,5-11H2,1-4H3. The summed E-state index contributed by atoms with van der Waals surface area (Å²) in [7, 11) is 0. The second kappa shape index (κ2) is 6.61. The number of hydrogen-bond acceptors (Lipinski definition) is 2. The van der Waals surface area contributed by atoms with Crippen LogP contribution in [0.25, 0.3) is 0 Å². The quantitative estimate of drug-likeness (QED) is 0.720. The van der Waals surface area contributed by atoms with Gasteiger partial charge in [0.25, 0.3) is 0 Å². The van der Waals surface area contributed by atoms with Crippen LogP contribution in [0.2, 0.25) is 0 Å². The zero-order valence-corrected chi connectivity index (χ0v) is 11.5. The van der Waals surface area contributed by atoms with E-state index in [2.05, 4.69) is 33.0 Å². The third kappa shape index (κ3) is 4.06. The lowest BCUT2D eigenvalue weighted by Crippen LogP contribution is -2.48. The summed E-state index contributed by atoms with van der Waals surface area (Å²) in [5.41, 5.74) is 0.0874. The maximum atomic E-state index is 5.97. The van der Waals surface area contributed by atoms with Crippen LogP contribution in [0.15, 0.2) is 0 Å². The molecule has 0 aliphatic carbocycles. The summed E-state index contributed by atoms with van der Waals surface area (Å²) in [6, 6.07) is 0.539. The van der Waals surface area contributed by atoms with E-state index in [-0.39, 0.29) is 5.60 Å². The molecule has 16 heavy (non-hydrogen) atoms. The van der Waals surface area contributed by atoms with E-state index in [1.165, 1.54) is 32.1 Å². The summed E-state index contributed by atoms with van der Waals surface area (Å²) < 4.78 is 5.97. The van der Waals surface area contributed by atoms with Crippen LogP contribution < -0.4 is 5.32 Å². The van der Waals surface area contributed by atoms with Gasteiger partial charge in [-0.25, -0.2) is 0 Å². The lowest BCUT2D eigenvalue weighted by molar-refractivity contribution is -0.0150. The highest BCUT2D eigenvalue weighted by Crippen LogP contribution is 2.31. The number of rotatable bonds is 7. The highest BCUT2D eigenvalue weighted by molar-refractivity contribution is 4.92. The number of nitrogens with one attached hydrogen (secondary N) is 1. The Morgan fingerprint density at radius 2 is 2.06 bits per heavy atom. The number of ether oxygens (including phenoxy) is 1. The maximum absolute atomic E-state index is 5.97. The second-order valence-corrected chi connectivity index (χ2v) is 5.74. The van der Waals surface area contributed by atoms with Gasteiger partial charge in [0.05, 0.1) is 5.60 Å². The average Bonchev–Trinajstić information content (AvgIpc) is 2.65. The van der Waals surface area contributed by atoms with Gasteiger partial charge in [-0.2, -0.15) is 0 Å². The summed E-state index contributed by atoms with van der Waals surface area (Å²) in [4.78, 5) is 0. The van der Waals surface area contributed by atoms with Gasteiger partial charge in [-0.15, -0.1) is 0 Å². The molecule has 2 atom stereocenters. The first kappa shape index (κ1) is 14.0. The largest absolute Gasteiger partial charge is 0.374 e. The molecule has 0 aromatic heterocycles. The first-order valence-electron chi connectivity index (χ1n) is 6.96. The minimum absolute atomic E-state index is 0.0874. The Bertz CT molecular complexity index is 185. The van der Waals surface area contributed by atoms with E-state index < -0.39 is 0 Å². The van der Waals surface area contributed by atoms with Gasteiger partial charge >= 0.3 is 0 Å². The molecule has 1 fully saturated rings. The van der Waals surface area contributed by atoms with Crippen LogP contribution in [0, 0.1) is 5.92 Å². The van der Waals surface area contributed by atoms with Crippen molar-refractivity contribution in [2.24, 2.45) is 5.92 Å². The predicted molar refractivity (Wildman–Crippen MR) is 69.7 cm³/mol. The Morgan fingerprint density at radius 1 is 1.31 bits per heavy atom. The van der Waals surface area contributed by atoms with Crippen molar-refractivity contribution < 1.29 is 4.74 Å². The average molecular weight is 227 g/mol. The molecule has 1 aliphatic heterocycles. The first-order valence-corrected chi connectivity index (χ1v) is 6.96. The van der Waals surface area contributed by atoms with Crippen LogP contribution in [0.3, 0.4) is 0 Å². The van der Waals surface area contributed by atoms with Crippen molar-refractivity contribution in [3.05, 3.63) is 0 Å². The van der Waals surface area contributed by atoms with Gasteiger partial charge in [0.2, 0.25) is 0 Å². The molecule has 2 nitrogen and oxygen atoms in total. The molecule has 0 spiro atoms. The van der Waals surface area contributed by atoms with E-state index in [0.29, 0.717) is 6.04 Å². The summed E-state index contributed by atoms with van der Waals surface area (Å²) in [5, 5.41) is 3.68. The molecule has 0 aromatic carbocycles. The molecule has 1 aliphatic rings. The molecular weight excluding hydrogens is 198 g/mol. The fraction of sp³-hybridized carbons (Fsp3) is 1.00. The molecule has 1 rings (SSSR count). The highest BCUT2D eigenvalue weighted by Gasteiger charge is 2.37. The SMILES string of the molecule is CCCNC(CCC(C)C)C1(C)CCCO1. The normalized spacial score (nSPS) is 27.6. The van der Waals surface area contributed by atoms with Crippen molar-refractivity contribution >= 4 is 0 Å². The Kier molecular flexibility index (Phi) is 5.77. The molecular formula is C14H29NO. The molecule has 0 amide bonds. The van der Waals surface area contributed by atoms with Gasteiger partial charge in [0.15, 0.2) is 0 Å². The van der Waals surface area contributed by atoms with Crippen LogP contribution in [0.1, 0.15) is 59.8 Å². The molecule has 2 heteroatoms. The maximum Gasteiger partial charge on any atom is 0.0807 e. The van der Waals surface area contributed by atoms with Gasteiger partial charge < -0.3 is 10.1 Å². The highest BCUT2D eigenvalue weighted by atomic mass is 16.5. The van der Waals surface area contributed by atoms with Crippen molar-refractivity contribution in [3.63, 3.8) is 0 Å². The molecule has 0 bridgehead atoms. The van der Waals surface area contributed by atoms with Gasteiger partial charge in [-0.3, -0.25) is 0 Å². The van der Waals surface area contributed by atoms with Crippen LogP contribution in [0.4, 0.5) is 0 Å². The zero-order valence-electron chi connectivity index (χ0n) is 11.5. The minimum atomic E-state index is 0.0874. The molecule has 1 heterocycles. The van der Waals surface area contributed by atoms with E-state index in [4.69, 9.17) is 4.74 Å². The Labute approximate surface area is 101 Å². The van der Waals surface area contributed by atoms with Crippen molar-refractivity contribution in [2.75, 3.05) is 13.2 Å². The van der Waals surface area contributed by atoms with Crippen molar-refractivity contribution in [1.29, 1.82) is 0 Å². The van der Waals surface area contributed by atoms with Crippen molar-refractivity contribution in [2.45, 2.75) is 71.4 Å². The van der Waals surface area contributed by atoms with Gasteiger partial charge in [0, 0.05) is 12.6 Å². The van der Waals surface area contributed by atoms with E-state index in [9.17, 15) is 0 Å². The number of hydrogen-bond donors (Lipinski definition) is 1. The van der Waals surface area contributed by atoms with Gasteiger partial charge in [-0.1, -0.05) is 20.8 Å². The van der Waals surface area contributed by atoms with Crippen LogP contribution >= 0.6 is 0 Å². The van der Waals surface area contributed by atoms with Crippen LogP contribution in [0.5, 0.6) is 0 Å². The zero-order chi connectivity index (χ0) is 12.0. The Morgan fingerprint density at radius 3 is 2.56 bits per heavy atom. The smallest absolute Gasteiger partial charge is 0.0807 e. The molecule has 1 N–H and O–H groups in total. The Hall–Kier alpha value is -0.0800. The van der Waals surface area contributed by atoms with E-state index in [1.54, 1.807) is 0 Å². The molecule has 2 unspecified atom stereocenters. The van der Waals surface area contributed by atoms with Gasteiger partial charge in [0.1, 0.15) is 0 Å². The van der Waals surface area contributed by atoms with Gasteiger partial charge in [-0.05, 0) is 51.5 Å². The van der Waals surface area contributed by atoms with E-state index in [0.717, 1.165) is 19.1 Å². The molecule has 0 aromatic rings. The fourth-order valence-electron chi connectivity index (χ4n) is 2.52. The third-order valence-corrected chi connectivity index (χ3v) is 3.66. The second-order valence-electron chi connectivity index (χ2n) is 5.74. The summed E-state index contributed by atoms with van der Waals surface area (Å²) in [5.74, 6) is 0.788. The molecule has 96 valence electrons. The van der Waals surface area contributed by atoms with E-state index in [1.807, 2.05) is 0 Å². The molecule has 1 saturated heterocycles. The molecule has 0 saturated carbocycles. The first-order chi connectivity index (χ1) is 7.58. The lowest BCUT2D eigenvalue weighted by atomic mass is 9.88. The monoisotopic (exact) mass is 227 g/mol. The van der Waals surface area contributed by atoms with Crippen LogP contribution in [-0.4, -0.2) is 24.8 Å². The van der Waals surface area contributed by atoms with E-state index >= 15 is 0 Å². The Balaban J connectivity index is 2.48. The topological polar surface area (TPSA) is 21.3 Å². The van der Waals surface area contributed by atoms with Crippen molar-refractivity contribution in [1.82, 2.24) is 5.32 Å². The third-order valence-electron chi connectivity index (χ3n) is 3.66. The van der Waals surface area contributed by atoms with Crippen LogP contribution in [-0.2, 0) is 4.74 Å². The summed E-state index contributed by atoms with van der Waals surface area (Å²) in [6.45, 7) is 11.2. The fourth-order valence-corrected chi connectivity index (χ4v) is 2.52. The summed E-state index contributed by atoms with van der Waals surface area (Å²) in [6.07, 6.45) is 6.18. The lowest BCUT2D eigenvalue weighted by Gasteiger charge is -2.34. The van der Waals surface area contributed by atoms with Crippen molar-refractivity contribution in [3.8, 4) is 0 Å².